The van der Waals surface area contributed by atoms with Crippen LogP contribution in [0.3, 0.4) is 0 Å². The van der Waals surface area contributed by atoms with Crippen molar-refractivity contribution in [1.29, 1.82) is 0 Å². The molecule has 0 saturated heterocycles. The maximum Gasteiger partial charge on any atom is 0.329 e. The Morgan fingerprint density at radius 3 is 2.36 bits per heavy atom. The number of carbonyl (C=O) groups is 3. The number of para-hydroxylation sites is 1. The van der Waals surface area contributed by atoms with Gasteiger partial charge in [0, 0.05) is 6.04 Å². The van der Waals surface area contributed by atoms with Crippen LogP contribution in [0.15, 0.2) is 30.3 Å². The molecule has 2 rings (SSSR count). The smallest absolute Gasteiger partial charge is 0.329 e. The highest BCUT2D eigenvalue weighted by Crippen LogP contribution is 2.18. The number of rotatable bonds is 9. The van der Waals surface area contributed by atoms with E-state index >= 15 is 0 Å². The Kier molecular flexibility index (Phi) is 6.80. The molecule has 1 fully saturated rings. The first-order valence-corrected chi connectivity index (χ1v) is 8.39. The number of esters is 1. The quantitative estimate of drug-likeness (QED) is 0.650. The van der Waals surface area contributed by atoms with E-state index in [1.54, 1.807) is 38.1 Å². The van der Waals surface area contributed by atoms with Crippen LogP contribution in [0.25, 0.3) is 0 Å². The number of hydrogen-bond donors (Lipinski definition) is 2. The van der Waals surface area contributed by atoms with E-state index in [0.717, 1.165) is 12.8 Å². The summed E-state index contributed by atoms with van der Waals surface area (Å²) in [4.78, 5) is 35.7. The zero-order valence-corrected chi connectivity index (χ0v) is 14.5. The van der Waals surface area contributed by atoms with Crippen LogP contribution in [0.2, 0.25) is 0 Å². The molecule has 0 radical (unpaired) electrons. The Bertz CT molecular complexity index is 599. The Hall–Kier alpha value is -2.57. The summed E-state index contributed by atoms with van der Waals surface area (Å²) in [6.45, 7) is 3.03. The lowest BCUT2D eigenvalue weighted by Gasteiger charge is -2.20. The van der Waals surface area contributed by atoms with Gasteiger partial charge in [0.2, 0.25) is 0 Å². The van der Waals surface area contributed by atoms with Crippen LogP contribution in [0.4, 0.5) is 0 Å². The molecule has 7 heteroatoms. The number of hydrogen-bond acceptors (Lipinski definition) is 5. The molecule has 25 heavy (non-hydrogen) atoms. The third kappa shape index (κ3) is 6.82. The zero-order chi connectivity index (χ0) is 18.2. The molecule has 2 amide bonds. The maximum absolute atomic E-state index is 12.1. The Morgan fingerprint density at radius 2 is 1.76 bits per heavy atom. The molecular weight excluding hydrogens is 324 g/mol. The van der Waals surface area contributed by atoms with Crippen molar-refractivity contribution in [2.75, 3.05) is 13.2 Å². The second kappa shape index (κ2) is 9.05. The first-order valence-electron chi connectivity index (χ1n) is 8.39. The SMILES string of the molecule is CC(C)[C@H](NC(=O)COc1ccccc1)C(=O)OCC(=O)NC1CC1. The van der Waals surface area contributed by atoms with Gasteiger partial charge in [-0.25, -0.2) is 4.79 Å². The molecule has 1 aromatic carbocycles. The van der Waals surface area contributed by atoms with Crippen LogP contribution >= 0.6 is 0 Å². The molecule has 0 aliphatic heterocycles. The molecule has 0 heterocycles. The molecule has 0 bridgehead atoms. The van der Waals surface area contributed by atoms with E-state index in [1.807, 2.05) is 6.07 Å². The van der Waals surface area contributed by atoms with Crippen molar-refractivity contribution in [3.05, 3.63) is 30.3 Å². The highest BCUT2D eigenvalue weighted by molar-refractivity contribution is 5.87. The monoisotopic (exact) mass is 348 g/mol. The third-order valence-electron chi connectivity index (χ3n) is 3.64. The van der Waals surface area contributed by atoms with E-state index in [2.05, 4.69) is 10.6 Å². The van der Waals surface area contributed by atoms with E-state index in [1.165, 1.54) is 0 Å². The summed E-state index contributed by atoms with van der Waals surface area (Å²) in [7, 11) is 0. The summed E-state index contributed by atoms with van der Waals surface area (Å²) in [6.07, 6.45) is 1.93. The van der Waals surface area contributed by atoms with Gasteiger partial charge in [0.1, 0.15) is 11.8 Å². The van der Waals surface area contributed by atoms with Crippen LogP contribution < -0.4 is 15.4 Å². The molecule has 1 aliphatic carbocycles. The average molecular weight is 348 g/mol. The van der Waals surface area contributed by atoms with Crippen molar-refractivity contribution in [2.24, 2.45) is 5.92 Å². The normalized spacial score (nSPS) is 14.5. The fourth-order valence-corrected chi connectivity index (χ4v) is 2.10. The van der Waals surface area contributed by atoms with Crippen molar-refractivity contribution in [1.82, 2.24) is 10.6 Å². The second-order valence-corrected chi connectivity index (χ2v) is 6.34. The highest BCUT2D eigenvalue weighted by Gasteiger charge is 2.28. The van der Waals surface area contributed by atoms with Crippen molar-refractivity contribution >= 4 is 17.8 Å². The van der Waals surface area contributed by atoms with E-state index in [4.69, 9.17) is 9.47 Å². The van der Waals surface area contributed by atoms with Gasteiger partial charge >= 0.3 is 5.97 Å². The van der Waals surface area contributed by atoms with Gasteiger partial charge in [-0.05, 0) is 30.9 Å². The van der Waals surface area contributed by atoms with Gasteiger partial charge in [-0.1, -0.05) is 32.0 Å². The molecule has 0 unspecified atom stereocenters. The second-order valence-electron chi connectivity index (χ2n) is 6.34. The van der Waals surface area contributed by atoms with Crippen LogP contribution in [0.5, 0.6) is 5.75 Å². The Morgan fingerprint density at radius 1 is 1.08 bits per heavy atom. The van der Waals surface area contributed by atoms with E-state index in [9.17, 15) is 14.4 Å². The van der Waals surface area contributed by atoms with Crippen molar-refractivity contribution in [3.8, 4) is 5.75 Å². The average Bonchev–Trinajstić information content (AvgIpc) is 3.40. The molecule has 7 nitrogen and oxygen atoms in total. The van der Waals surface area contributed by atoms with Gasteiger partial charge in [-0.2, -0.15) is 0 Å². The minimum atomic E-state index is -0.833. The predicted molar refractivity (Wildman–Crippen MR) is 90.8 cm³/mol. The van der Waals surface area contributed by atoms with Gasteiger partial charge in [0.15, 0.2) is 13.2 Å². The third-order valence-corrected chi connectivity index (χ3v) is 3.64. The van der Waals surface area contributed by atoms with Gasteiger partial charge in [-0.3, -0.25) is 9.59 Å². The van der Waals surface area contributed by atoms with Gasteiger partial charge in [0.25, 0.3) is 11.8 Å². The van der Waals surface area contributed by atoms with Crippen LogP contribution in [0.1, 0.15) is 26.7 Å². The van der Waals surface area contributed by atoms with Gasteiger partial charge < -0.3 is 20.1 Å². The molecule has 1 aromatic rings. The fraction of sp³-hybridized carbons (Fsp3) is 0.500. The fourth-order valence-electron chi connectivity index (χ4n) is 2.10. The number of benzene rings is 1. The topological polar surface area (TPSA) is 93.7 Å². The van der Waals surface area contributed by atoms with Gasteiger partial charge in [0.05, 0.1) is 0 Å². The minimum Gasteiger partial charge on any atom is -0.484 e. The van der Waals surface area contributed by atoms with Crippen LogP contribution in [0, 0.1) is 5.92 Å². The Labute approximate surface area is 147 Å². The van der Waals surface area contributed by atoms with Crippen LogP contribution in [-0.2, 0) is 19.1 Å². The first kappa shape index (κ1) is 18.8. The van der Waals surface area contributed by atoms with E-state index in [-0.39, 0.29) is 31.1 Å². The lowest BCUT2D eigenvalue weighted by Crippen LogP contribution is -2.47. The summed E-state index contributed by atoms with van der Waals surface area (Å²) in [6, 6.07) is 8.29. The van der Waals surface area contributed by atoms with Crippen LogP contribution in [-0.4, -0.2) is 43.1 Å². The lowest BCUT2D eigenvalue weighted by atomic mass is 10.0. The van der Waals surface area contributed by atoms with E-state index < -0.39 is 17.9 Å². The molecule has 1 saturated carbocycles. The molecular formula is C18H24N2O5. The molecule has 2 N–H and O–H groups in total. The number of carbonyl (C=O) groups excluding carboxylic acids is 3. The Balaban J connectivity index is 1.76. The number of nitrogens with one attached hydrogen (secondary N) is 2. The first-order chi connectivity index (χ1) is 12.0. The highest BCUT2D eigenvalue weighted by atomic mass is 16.5. The predicted octanol–water partition coefficient (Wildman–Crippen LogP) is 1.03. The van der Waals surface area contributed by atoms with Crippen molar-refractivity contribution in [3.63, 3.8) is 0 Å². The summed E-state index contributed by atoms with van der Waals surface area (Å²) in [5.74, 6) is -0.995. The summed E-state index contributed by atoms with van der Waals surface area (Å²) >= 11 is 0. The molecule has 1 aliphatic rings. The van der Waals surface area contributed by atoms with E-state index in [0.29, 0.717) is 5.75 Å². The maximum atomic E-state index is 12.1. The standard InChI is InChI=1S/C18H24N2O5/c1-12(2)17(18(23)25-11-15(21)19-13-8-9-13)20-16(22)10-24-14-6-4-3-5-7-14/h3-7,12-13,17H,8-11H2,1-2H3,(H,19,21)(H,20,22)/t17-/m0/s1. The van der Waals surface area contributed by atoms with Crippen molar-refractivity contribution < 1.29 is 23.9 Å². The molecule has 0 spiro atoms. The molecule has 136 valence electrons. The zero-order valence-electron chi connectivity index (χ0n) is 14.5. The molecule has 0 aromatic heterocycles. The summed E-state index contributed by atoms with van der Waals surface area (Å²) < 4.78 is 10.4. The van der Waals surface area contributed by atoms with Gasteiger partial charge in [-0.15, -0.1) is 0 Å². The number of amides is 2. The largest absolute Gasteiger partial charge is 0.484 e. The minimum absolute atomic E-state index is 0.181. The summed E-state index contributed by atoms with van der Waals surface area (Å²) in [5.41, 5.74) is 0. The number of ether oxygens (including phenoxy) is 2. The lowest BCUT2D eigenvalue weighted by molar-refractivity contribution is -0.153. The molecule has 1 atom stereocenters. The van der Waals surface area contributed by atoms with Crippen molar-refractivity contribution in [2.45, 2.75) is 38.8 Å². The summed E-state index contributed by atoms with van der Waals surface area (Å²) in [5, 5.41) is 5.33.